The van der Waals surface area contributed by atoms with Crippen molar-refractivity contribution in [3.63, 3.8) is 0 Å². The third-order valence-electron chi connectivity index (χ3n) is 3.97. The fraction of sp³-hybridized carbons (Fsp3) is 0.429. The molecule has 0 aliphatic heterocycles. The fourth-order valence-corrected chi connectivity index (χ4v) is 3.48. The summed E-state index contributed by atoms with van der Waals surface area (Å²) in [5.41, 5.74) is 1.97. The summed E-state index contributed by atoms with van der Waals surface area (Å²) in [5, 5.41) is 4.61. The maximum absolute atomic E-state index is 6.23. The first-order valence-electron chi connectivity index (χ1n) is 9.35. The Morgan fingerprint density at radius 2 is 1.75 bits per heavy atom. The lowest BCUT2D eigenvalue weighted by Gasteiger charge is -2.16. The van der Waals surface area contributed by atoms with E-state index < -0.39 is 0 Å². The average molecular weight is 491 g/mol. The largest absolute Gasteiger partial charge is 0.490 e. The number of halogens is 3. The minimum absolute atomic E-state index is 0.331. The van der Waals surface area contributed by atoms with Crippen LogP contribution in [-0.4, -0.2) is 26.4 Å². The van der Waals surface area contributed by atoms with Gasteiger partial charge in [-0.1, -0.05) is 45.2 Å². The molecule has 2 aromatic carbocycles. The average Bonchev–Trinajstić information content (AvgIpc) is 2.66. The Hall–Kier alpha value is -0.980. The van der Waals surface area contributed by atoms with E-state index in [0.717, 1.165) is 48.3 Å². The van der Waals surface area contributed by atoms with Gasteiger partial charge in [-0.05, 0) is 56.6 Å². The number of nitrogens with one attached hydrogen (secondary N) is 1. The van der Waals surface area contributed by atoms with E-state index >= 15 is 0 Å². The topological polar surface area (TPSA) is 39.7 Å². The number of rotatable bonds is 12. The van der Waals surface area contributed by atoms with Crippen LogP contribution in [0.2, 0.25) is 10.0 Å². The lowest BCUT2D eigenvalue weighted by atomic mass is 10.2. The second-order valence-corrected chi connectivity index (χ2v) is 7.77. The second-order valence-electron chi connectivity index (χ2n) is 6.08. The monoisotopic (exact) mass is 489 g/mol. The highest BCUT2D eigenvalue weighted by Gasteiger charge is 2.12. The summed E-state index contributed by atoms with van der Waals surface area (Å²) in [4.78, 5) is 0. The smallest absolute Gasteiger partial charge is 0.162 e. The highest BCUT2D eigenvalue weighted by atomic mass is 79.9. The van der Waals surface area contributed by atoms with Crippen molar-refractivity contribution in [2.45, 2.75) is 33.4 Å². The molecule has 0 amide bonds. The van der Waals surface area contributed by atoms with E-state index in [2.05, 4.69) is 21.2 Å². The molecule has 0 heterocycles. The normalized spacial score (nSPS) is 10.9. The summed E-state index contributed by atoms with van der Waals surface area (Å²) in [6, 6.07) is 9.31. The molecule has 0 bridgehead atoms. The maximum atomic E-state index is 6.23. The second kappa shape index (κ2) is 12.6. The lowest BCUT2D eigenvalue weighted by Crippen LogP contribution is -2.17. The van der Waals surface area contributed by atoms with E-state index in [4.69, 9.17) is 37.4 Å². The molecule has 0 spiro atoms. The van der Waals surface area contributed by atoms with Crippen LogP contribution in [-0.2, 0) is 17.9 Å². The summed E-state index contributed by atoms with van der Waals surface area (Å²) in [6.45, 7) is 8.00. The van der Waals surface area contributed by atoms with Gasteiger partial charge in [0, 0.05) is 39.8 Å². The molecule has 1 N–H and O–H groups in total. The van der Waals surface area contributed by atoms with Gasteiger partial charge in [0.25, 0.3) is 0 Å². The Morgan fingerprint density at radius 1 is 0.964 bits per heavy atom. The highest BCUT2D eigenvalue weighted by molar-refractivity contribution is 9.10. The zero-order valence-electron chi connectivity index (χ0n) is 16.2. The molecule has 0 unspecified atom stereocenters. The number of hydrogen-bond acceptors (Lipinski definition) is 4. The molecule has 7 heteroatoms. The first kappa shape index (κ1) is 23.3. The summed E-state index contributed by atoms with van der Waals surface area (Å²) in [5.74, 6) is 1.38. The number of ether oxygens (including phenoxy) is 3. The van der Waals surface area contributed by atoms with Gasteiger partial charge in [0.15, 0.2) is 11.5 Å². The summed E-state index contributed by atoms with van der Waals surface area (Å²) >= 11 is 15.8. The molecular weight excluding hydrogens is 465 g/mol. The molecule has 4 nitrogen and oxygen atoms in total. The Bertz CT molecular complexity index is 759. The van der Waals surface area contributed by atoms with Crippen LogP contribution >= 0.6 is 39.1 Å². The van der Waals surface area contributed by atoms with Crippen LogP contribution in [0.1, 0.15) is 31.4 Å². The van der Waals surface area contributed by atoms with Crippen LogP contribution in [0.5, 0.6) is 11.5 Å². The van der Waals surface area contributed by atoms with Crippen LogP contribution in [0.4, 0.5) is 0 Å². The Kier molecular flexibility index (Phi) is 10.4. The van der Waals surface area contributed by atoms with Crippen LogP contribution in [0.15, 0.2) is 34.8 Å². The summed E-state index contributed by atoms with van der Waals surface area (Å²) in [6.07, 6.45) is 0.979. The van der Waals surface area contributed by atoms with E-state index in [9.17, 15) is 0 Å². The minimum atomic E-state index is 0.331. The van der Waals surface area contributed by atoms with Gasteiger partial charge in [0.1, 0.15) is 6.61 Å². The van der Waals surface area contributed by atoms with E-state index in [1.807, 2.05) is 32.0 Å². The standard InChI is InChI=1S/C21H26BrCl2NO3/c1-3-26-9-5-8-25-13-16-10-20(27-4-2)21(12-18(16)22)28-14-15-6-7-17(23)11-19(15)24/h6-7,10-12,25H,3-5,8-9,13-14H2,1-2H3. The van der Waals surface area contributed by atoms with Crippen LogP contribution in [0.25, 0.3) is 0 Å². The van der Waals surface area contributed by atoms with Gasteiger partial charge in [0.2, 0.25) is 0 Å². The van der Waals surface area contributed by atoms with E-state index in [-0.39, 0.29) is 0 Å². The Morgan fingerprint density at radius 3 is 2.46 bits per heavy atom. The van der Waals surface area contributed by atoms with Gasteiger partial charge < -0.3 is 19.5 Å². The van der Waals surface area contributed by atoms with Crippen LogP contribution < -0.4 is 14.8 Å². The molecule has 2 aromatic rings. The SMILES string of the molecule is CCOCCCNCc1cc(OCC)c(OCc2ccc(Cl)cc2Cl)cc1Br. The van der Waals surface area contributed by atoms with Crippen molar-refractivity contribution < 1.29 is 14.2 Å². The van der Waals surface area contributed by atoms with Crippen molar-refractivity contribution in [3.05, 3.63) is 56.0 Å². The number of hydrogen-bond donors (Lipinski definition) is 1. The Labute approximate surface area is 185 Å². The van der Waals surface area contributed by atoms with Crippen molar-refractivity contribution in [3.8, 4) is 11.5 Å². The van der Waals surface area contributed by atoms with Crippen molar-refractivity contribution in [1.82, 2.24) is 5.32 Å². The third kappa shape index (κ3) is 7.45. The van der Waals surface area contributed by atoms with Gasteiger partial charge >= 0.3 is 0 Å². The van der Waals surface area contributed by atoms with Gasteiger partial charge in [0.05, 0.1) is 6.61 Å². The van der Waals surface area contributed by atoms with Crippen molar-refractivity contribution in [1.29, 1.82) is 0 Å². The summed E-state index contributed by atoms with van der Waals surface area (Å²) in [7, 11) is 0. The molecule has 0 saturated carbocycles. The molecule has 0 fully saturated rings. The summed E-state index contributed by atoms with van der Waals surface area (Å²) < 4.78 is 18.1. The predicted molar refractivity (Wildman–Crippen MR) is 119 cm³/mol. The fourth-order valence-electron chi connectivity index (χ4n) is 2.55. The molecule has 0 radical (unpaired) electrons. The quantitative estimate of drug-likeness (QED) is 0.357. The lowest BCUT2D eigenvalue weighted by molar-refractivity contribution is 0.144. The Balaban J connectivity index is 2.02. The first-order chi connectivity index (χ1) is 13.5. The van der Waals surface area contributed by atoms with Crippen LogP contribution in [0.3, 0.4) is 0 Å². The van der Waals surface area contributed by atoms with Gasteiger partial charge in [-0.2, -0.15) is 0 Å². The van der Waals surface area contributed by atoms with E-state index in [0.29, 0.717) is 34.8 Å². The molecular formula is C21H26BrCl2NO3. The number of benzene rings is 2. The van der Waals surface area contributed by atoms with Gasteiger partial charge in [-0.3, -0.25) is 0 Å². The maximum Gasteiger partial charge on any atom is 0.162 e. The third-order valence-corrected chi connectivity index (χ3v) is 5.30. The molecule has 28 heavy (non-hydrogen) atoms. The molecule has 0 aliphatic carbocycles. The zero-order chi connectivity index (χ0) is 20.4. The van der Waals surface area contributed by atoms with E-state index in [1.165, 1.54) is 0 Å². The molecule has 0 aromatic heterocycles. The van der Waals surface area contributed by atoms with Crippen LogP contribution in [0, 0.1) is 0 Å². The molecule has 154 valence electrons. The molecule has 0 aliphatic rings. The molecule has 0 saturated heterocycles. The highest BCUT2D eigenvalue weighted by Crippen LogP contribution is 2.35. The van der Waals surface area contributed by atoms with E-state index in [1.54, 1.807) is 12.1 Å². The minimum Gasteiger partial charge on any atom is -0.490 e. The van der Waals surface area contributed by atoms with Crippen molar-refractivity contribution >= 4 is 39.1 Å². The molecule has 0 atom stereocenters. The first-order valence-corrected chi connectivity index (χ1v) is 10.9. The predicted octanol–water partition coefficient (Wildman–Crippen LogP) is 6.25. The molecule has 2 rings (SSSR count). The van der Waals surface area contributed by atoms with Gasteiger partial charge in [-0.25, -0.2) is 0 Å². The van der Waals surface area contributed by atoms with Crippen molar-refractivity contribution in [2.24, 2.45) is 0 Å². The van der Waals surface area contributed by atoms with Gasteiger partial charge in [-0.15, -0.1) is 0 Å². The zero-order valence-corrected chi connectivity index (χ0v) is 19.3. The van der Waals surface area contributed by atoms with Crippen molar-refractivity contribution in [2.75, 3.05) is 26.4 Å².